The van der Waals surface area contributed by atoms with E-state index in [1.807, 2.05) is 0 Å². The van der Waals surface area contributed by atoms with Crippen LogP contribution in [0.5, 0.6) is 5.75 Å². The highest BCUT2D eigenvalue weighted by atomic mass is 32.1. The summed E-state index contributed by atoms with van der Waals surface area (Å²) in [5, 5.41) is 3.12. The molecule has 8 heteroatoms. The van der Waals surface area contributed by atoms with Crippen LogP contribution >= 0.6 is 11.3 Å². The standard InChI is InChI=1S/C20H18F3NO3S/c1-11(9-27-16-7-6-12(21)8-15(16)23)24-20(25)19-13(10-26-2)18-14(22)4-3-5-17(18)28-19/h3-8,11H,9-10H2,1-2H3,(H,24,25). The van der Waals surface area contributed by atoms with Crippen LogP contribution < -0.4 is 10.1 Å². The van der Waals surface area contributed by atoms with Crippen molar-refractivity contribution < 1.29 is 27.4 Å². The van der Waals surface area contributed by atoms with Gasteiger partial charge in [-0.15, -0.1) is 11.3 Å². The number of benzene rings is 2. The van der Waals surface area contributed by atoms with Crippen molar-refractivity contribution in [1.29, 1.82) is 0 Å². The van der Waals surface area contributed by atoms with Gasteiger partial charge in [0, 0.05) is 28.8 Å². The van der Waals surface area contributed by atoms with Crippen LogP contribution in [0.4, 0.5) is 13.2 Å². The summed E-state index contributed by atoms with van der Waals surface area (Å²) in [6.45, 7) is 1.76. The number of hydrogen-bond donors (Lipinski definition) is 1. The largest absolute Gasteiger partial charge is 0.488 e. The Bertz CT molecular complexity index is 1010. The molecular weight excluding hydrogens is 391 g/mol. The minimum absolute atomic E-state index is 0.0207. The van der Waals surface area contributed by atoms with Gasteiger partial charge in [-0.2, -0.15) is 0 Å². The van der Waals surface area contributed by atoms with Gasteiger partial charge in [-0.1, -0.05) is 6.07 Å². The van der Waals surface area contributed by atoms with Crippen molar-refractivity contribution in [2.24, 2.45) is 0 Å². The van der Waals surface area contributed by atoms with Crippen molar-refractivity contribution in [2.75, 3.05) is 13.7 Å². The van der Waals surface area contributed by atoms with E-state index in [1.165, 1.54) is 30.6 Å². The van der Waals surface area contributed by atoms with Crippen molar-refractivity contribution in [1.82, 2.24) is 5.32 Å². The lowest BCUT2D eigenvalue weighted by Crippen LogP contribution is -2.36. The van der Waals surface area contributed by atoms with Gasteiger partial charge >= 0.3 is 0 Å². The van der Waals surface area contributed by atoms with E-state index in [0.717, 1.165) is 12.1 Å². The molecule has 0 radical (unpaired) electrons. The third-order valence-corrected chi connectivity index (χ3v) is 5.21. The lowest BCUT2D eigenvalue weighted by atomic mass is 10.1. The summed E-state index contributed by atoms with van der Waals surface area (Å²) < 4.78 is 51.9. The highest BCUT2D eigenvalue weighted by Crippen LogP contribution is 2.33. The molecule has 0 saturated carbocycles. The fraction of sp³-hybridized carbons (Fsp3) is 0.250. The molecule has 4 nitrogen and oxygen atoms in total. The first-order valence-corrected chi connectivity index (χ1v) is 9.30. The monoisotopic (exact) mass is 409 g/mol. The predicted octanol–water partition coefficient (Wildman–Crippen LogP) is 4.66. The Morgan fingerprint density at radius 1 is 1.18 bits per heavy atom. The van der Waals surface area contributed by atoms with Crippen LogP contribution in [0.2, 0.25) is 0 Å². The number of rotatable bonds is 7. The topological polar surface area (TPSA) is 47.6 Å². The summed E-state index contributed by atoms with van der Waals surface area (Å²) in [4.78, 5) is 13.0. The maximum Gasteiger partial charge on any atom is 0.262 e. The van der Waals surface area contributed by atoms with Crippen LogP contribution in [0.25, 0.3) is 10.1 Å². The molecule has 3 aromatic rings. The average Bonchev–Trinajstić information content (AvgIpc) is 3.01. The van der Waals surface area contributed by atoms with Crippen LogP contribution in [-0.4, -0.2) is 25.7 Å². The lowest BCUT2D eigenvalue weighted by molar-refractivity contribution is 0.0926. The van der Waals surface area contributed by atoms with E-state index in [-0.39, 0.29) is 19.0 Å². The van der Waals surface area contributed by atoms with E-state index in [2.05, 4.69) is 5.32 Å². The number of carbonyl (C=O) groups excluding carboxylic acids is 1. The maximum atomic E-state index is 14.2. The molecule has 1 heterocycles. The zero-order valence-corrected chi connectivity index (χ0v) is 16.0. The Morgan fingerprint density at radius 3 is 2.68 bits per heavy atom. The zero-order chi connectivity index (χ0) is 20.3. The molecule has 3 rings (SSSR count). The van der Waals surface area contributed by atoms with Crippen LogP contribution in [-0.2, 0) is 11.3 Å². The number of thiophene rings is 1. The molecule has 1 N–H and O–H groups in total. The number of methoxy groups -OCH3 is 1. The van der Waals surface area contributed by atoms with Crippen LogP contribution in [0.1, 0.15) is 22.2 Å². The second kappa shape index (κ2) is 8.62. The molecule has 1 atom stereocenters. The van der Waals surface area contributed by atoms with Gasteiger partial charge in [0.1, 0.15) is 18.2 Å². The van der Waals surface area contributed by atoms with Crippen molar-refractivity contribution in [3.8, 4) is 5.75 Å². The molecule has 1 unspecified atom stereocenters. The van der Waals surface area contributed by atoms with E-state index >= 15 is 0 Å². The van der Waals surface area contributed by atoms with Gasteiger partial charge in [-0.25, -0.2) is 13.2 Å². The van der Waals surface area contributed by atoms with Gasteiger partial charge in [0.15, 0.2) is 11.6 Å². The second-order valence-corrected chi connectivity index (χ2v) is 7.27. The van der Waals surface area contributed by atoms with E-state index in [9.17, 15) is 18.0 Å². The van der Waals surface area contributed by atoms with Gasteiger partial charge in [-0.05, 0) is 31.2 Å². The fourth-order valence-corrected chi connectivity index (χ4v) is 3.90. The molecule has 1 aromatic heterocycles. The van der Waals surface area contributed by atoms with E-state index < -0.39 is 29.4 Å². The highest BCUT2D eigenvalue weighted by molar-refractivity contribution is 7.21. The molecule has 28 heavy (non-hydrogen) atoms. The molecule has 2 aromatic carbocycles. The van der Waals surface area contributed by atoms with Crippen molar-refractivity contribution >= 4 is 27.3 Å². The molecule has 0 saturated heterocycles. The number of ether oxygens (including phenoxy) is 2. The Kier molecular flexibility index (Phi) is 6.21. The molecule has 0 aliphatic heterocycles. The molecule has 0 bridgehead atoms. The second-order valence-electron chi connectivity index (χ2n) is 6.22. The fourth-order valence-electron chi connectivity index (χ4n) is 2.77. The lowest BCUT2D eigenvalue weighted by Gasteiger charge is -2.15. The zero-order valence-electron chi connectivity index (χ0n) is 15.2. The summed E-state index contributed by atoms with van der Waals surface area (Å²) in [6.07, 6.45) is 0. The highest BCUT2D eigenvalue weighted by Gasteiger charge is 2.22. The summed E-state index contributed by atoms with van der Waals surface area (Å²) >= 11 is 1.17. The molecule has 0 fully saturated rings. The molecule has 0 spiro atoms. The molecule has 148 valence electrons. The maximum absolute atomic E-state index is 14.2. The molecule has 0 aliphatic carbocycles. The summed E-state index contributed by atoms with van der Waals surface area (Å²) in [5.74, 6) is -2.44. The molecule has 1 amide bonds. The third-order valence-electron chi connectivity index (χ3n) is 4.02. The minimum Gasteiger partial charge on any atom is -0.488 e. The van der Waals surface area contributed by atoms with Crippen LogP contribution in [0.3, 0.4) is 0 Å². The number of amides is 1. The Hall–Kier alpha value is -2.58. The van der Waals surface area contributed by atoms with Crippen molar-refractivity contribution in [3.05, 3.63) is 64.3 Å². The van der Waals surface area contributed by atoms with Crippen LogP contribution in [0.15, 0.2) is 36.4 Å². The number of halogens is 3. The first kappa shape index (κ1) is 20.2. The molecular formula is C20H18F3NO3S. The SMILES string of the molecule is COCc1c(C(=O)NC(C)COc2ccc(F)cc2F)sc2cccc(F)c12. The third kappa shape index (κ3) is 4.28. The Labute approximate surface area is 163 Å². The summed E-state index contributed by atoms with van der Waals surface area (Å²) in [7, 11) is 1.47. The first-order valence-electron chi connectivity index (χ1n) is 8.48. The van der Waals surface area contributed by atoms with Gasteiger partial charge in [0.2, 0.25) is 0 Å². The van der Waals surface area contributed by atoms with Crippen molar-refractivity contribution in [3.63, 3.8) is 0 Å². The number of fused-ring (bicyclic) bond motifs is 1. The van der Waals surface area contributed by atoms with Gasteiger partial charge in [-0.3, -0.25) is 4.79 Å². The van der Waals surface area contributed by atoms with Gasteiger partial charge < -0.3 is 14.8 Å². The van der Waals surface area contributed by atoms with Crippen molar-refractivity contribution in [2.45, 2.75) is 19.6 Å². The van der Waals surface area contributed by atoms with E-state index in [4.69, 9.17) is 9.47 Å². The predicted molar refractivity (Wildman–Crippen MR) is 101 cm³/mol. The van der Waals surface area contributed by atoms with Gasteiger partial charge in [0.05, 0.1) is 17.5 Å². The average molecular weight is 409 g/mol. The Balaban J connectivity index is 1.73. The minimum atomic E-state index is -0.819. The smallest absolute Gasteiger partial charge is 0.262 e. The Morgan fingerprint density at radius 2 is 1.96 bits per heavy atom. The quantitative estimate of drug-likeness (QED) is 0.617. The number of hydrogen-bond acceptors (Lipinski definition) is 4. The van der Waals surface area contributed by atoms with E-state index in [0.29, 0.717) is 20.5 Å². The van der Waals surface area contributed by atoms with Crippen LogP contribution in [0, 0.1) is 17.5 Å². The number of nitrogens with one attached hydrogen (secondary N) is 1. The first-order chi connectivity index (χ1) is 13.4. The number of carbonyl (C=O) groups is 1. The summed E-state index contributed by atoms with van der Waals surface area (Å²) in [5.41, 5.74) is 0.482. The summed E-state index contributed by atoms with van der Waals surface area (Å²) in [6, 6.07) is 7.19. The normalized spacial score (nSPS) is 12.2. The molecule has 0 aliphatic rings. The van der Waals surface area contributed by atoms with E-state index in [1.54, 1.807) is 19.1 Å². The van der Waals surface area contributed by atoms with Gasteiger partial charge in [0.25, 0.3) is 5.91 Å².